The van der Waals surface area contributed by atoms with Gasteiger partial charge in [-0.1, -0.05) is 17.7 Å². The third-order valence-electron chi connectivity index (χ3n) is 2.34. The van der Waals surface area contributed by atoms with Crippen molar-refractivity contribution in [2.75, 3.05) is 0 Å². The smallest absolute Gasteiger partial charge is 0.101 e. The lowest BCUT2D eigenvalue weighted by Crippen LogP contribution is -1.86. The number of nitrogens with zero attached hydrogens (tertiary/aromatic N) is 2. The molecule has 4 heteroatoms. The van der Waals surface area contributed by atoms with Gasteiger partial charge in [0.05, 0.1) is 10.6 Å². The van der Waals surface area contributed by atoms with E-state index >= 15 is 0 Å². The molecule has 0 spiro atoms. The van der Waals surface area contributed by atoms with Gasteiger partial charge in [0.1, 0.15) is 6.07 Å². The van der Waals surface area contributed by atoms with Crippen LogP contribution >= 0.6 is 22.9 Å². The molecule has 2 aromatic heterocycles. The molecule has 0 saturated carbocycles. The van der Waals surface area contributed by atoms with Crippen molar-refractivity contribution in [1.82, 2.24) is 4.98 Å². The molecule has 0 radical (unpaired) electrons. The summed E-state index contributed by atoms with van der Waals surface area (Å²) in [6.45, 7) is 1.98. The third-order valence-corrected chi connectivity index (χ3v) is 3.87. The van der Waals surface area contributed by atoms with Crippen molar-refractivity contribution in [3.63, 3.8) is 0 Å². The van der Waals surface area contributed by atoms with Gasteiger partial charge in [-0.05, 0) is 30.0 Å². The van der Waals surface area contributed by atoms with Crippen LogP contribution in [0.3, 0.4) is 0 Å². The molecular formula is C13H9ClN2S. The zero-order chi connectivity index (χ0) is 12.3. The second kappa shape index (κ2) is 5.13. The number of nitriles is 1. The van der Waals surface area contributed by atoms with Crippen molar-refractivity contribution in [3.8, 4) is 6.07 Å². The van der Waals surface area contributed by atoms with Gasteiger partial charge in [-0.3, -0.25) is 4.98 Å². The summed E-state index contributed by atoms with van der Waals surface area (Å²) in [5.41, 5.74) is 2.29. The van der Waals surface area contributed by atoms with Gasteiger partial charge in [-0.25, -0.2) is 0 Å². The van der Waals surface area contributed by atoms with Gasteiger partial charge in [0.25, 0.3) is 0 Å². The molecule has 0 amide bonds. The van der Waals surface area contributed by atoms with Gasteiger partial charge in [-0.15, -0.1) is 11.3 Å². The van der Waals surface area contributed by atoms with E-state index in [0.29, 0.717) is 10.6 Å². The van der Waals surface area contributed by atoms with Crippen LogP contribution in [0.4, 0.5) is 0 Å². The van der Waals surface area contributed by atoms with Crippen molar-refractivity contribution >= 4 is 33.5 Å². The number of halogens is 1. The quantitative estimate of drug-likeness (QED) is 0.763. The van der Waals surface area contributed by atoms with Gasteiger partial charge in [0.2, 0.25) is 0 Å². The van der Waals surface area contributed by atoms with Crippen LogP contribution in [0.2, 0.25) is 0 Å². The normalized spacial score (nSPS) is 11.8. The minimum Gasteiger partial charge on any atom is -0.264 e. The average Bonchev–Trinajstić information content (AvgIpc) is 2.77. The summed E-state index contributed by atoms with van der Waals surface area (Å²) in [7, 11) is 0. The third kappa shape index (κ3) is 2.38. The van der Waals surface area contributed by atoms with Gasteiger partial charge in [0, 0.05) is 22.8 Å². The topological polar surface area (TPSA) is 36.7 Å². The van der Waals surface area contributed by atoms with E-state index in [1.54, 1.807) is 18.5 Å². The molecule has 0 aliphatic heterocycles. The average molecular weight is 261 g/mol. The molecule has 84 valence electrons. The summed E-state index contributed by atoms with van der Waals surface area (Å²) in [5, 5.41) is 11.7. The minimum atomic E-state index is 0.463. The number of aromatic nitrogens is 1. The molecule has 0 atom stereocenters. The lowest BCUT2D eigenvalue weighted by Gasteiger charge is -2.02. The molecule has 0 unspecified atom stereocenters. The highest BCUT2D eigenvalue weighted by molar-refractivity contribution is 7.12. The van der Waals surface area contributed by atoms with Crippen LogP contribution in [0, 0.1) is 18.3 Å². The molecule has 2 nitrogen and oxygen atoms in total. The fraction of sp³-hybridized carbons (Fsp3) is 0.0769. The lowest BCUT2D eigenvalue weighted by atomic mass is 10.1. The second-order valence-corrected chi connectivity index (χ2v) is 4.77. The van der Waals surface area contributed by atoms with Crippen LogP contribution in [0.25, 0.3) is 10.6 Å². The summed E-state index contributed by atoms with van der Waals surface area (Å²) in [6, 6.07) is 7.75. The molecule has 2 heterocycles. The maximum absolute atomic E-state index is 9.22. The Bertz CT molecular complexity index is 593. The molecule has 0 aliphatic rings. The van der Waals surface area contributed by atoms with Crippen LogP contribution in [0.5, 0.6) is 0 Å². The van der Waals surface area contributed by atoms with Crippen molar-refractivity contribution in [1.29, 1.82) is 5.26 Å². The fourth-order valence-electron chi connectivity index (χ4n) is 1.46. The molecule has 17 heavy (non-hydrogen) atoms. The zero-order valence-corrected chi connectivity index (χ0v) is 10.7. The second-order valence-electron chi connectivity index (χ2n) is 3.48. The maximum Gasteiger partial charge on any atom is 0.101 e. The predicted molar refractivity (Wildman–Crippen MR) is 71.6 cm³/mol. The molecule has 0 aromatic carbocycles. The van der Waals surface area contributed by atoms with E-state index in [-0.39, 0.29) is 0 Å². The van der Waals surface area contributed by atoms with Crippen LogP contribution in [-0.2, 0) is 0 Å². The Morgan fingerprint density at radius 1 is 1.47 bits per heavy atom. The van der Waals surface area contributed by atoms with E-state index in [0.717, 1.165) is 16.0 Å². The van der Waals surface area contributed by atoms with Crippen molar-refractivity contribution in [2.24, 2.45) is 0 Å². The summed E-state index contributed by atoms with van der Waals surface area (Å²) in [4.78, 5) is 4.94. The molecule has 0 N–H and O–H groups in total. The SMILES string of the molecule is Cc1ccsc1/C(Cl)=C(/C#N)c1cccnc1. The number of allylic oxidation sites excluding steroid dienone is 1. The highest BCUT2D eigenvalue weighted by atomic mass is 35.5. The first-order valence-electron chi connectivity index (χ1n) is 4.98. The summed E-state index contributed by atoms with van der Waals surface area (Å²) in [5.74, 6) is 0. The highest BCUT2D eigenvalue weighted by Crippen LogP contribution is 2.34. The number of aryl methyl sites for hydroxylation is 1. The Morgan fingerprint density at radius 2 is 2.29 bits per heavy atom. The number of thiophene rings is 1. The van der Waals surface area contributed by atoms with E-state index in [9.17, 15) is 5.26 Å². The summed E-state index contributed by atoms with van der Waals surface area (Å²) in [6.07, 6.45) is 3.31. The van der Waals surface area contributed by atoms with E-state index < -0.39 is 0 Å². The molecule has 2 aromatic rings. The van der Waals surface area contributed by atoms with Crippen LogP contribution < -0.4 is 0 Å². The Morgan fingerprint density at radius 3 is 2.82 bits per heavy atom. The van der Waals surface area contributed by atoms with Crippen LogP contribution in [0.15, 0.2) is 36.0 Å². The maximum atomic E-state index is 9.22. The standard InChI is InChI=1S/C13H9ClN2S/c1-9-4-6-17-13(9)12(14)11(7-15)10-3-2-5-16-8-10/h2-6,8H,1H3/b12-11+. The van der Waals surface area contributed by atoms with Crippen molar-refractivity contribution < 1.29 is 0 Å². The van der Waals surface area contributed by atoms with Gasteiger partial charge >= 0.3 is 0 Å². The molecule has 2 rings (SSSR count). The molecule has 0 bridgehead atoms. The Kier molecular flexibility index (Phi) is 3.58. The predicted octanol–water partition coefficient (Wildman–Crippen LogP) is 4.08. The van der Waals surface area contributed by atoms with Crippen LogP contribution in [0.1, 0.15) is 16.0 Å². The molecule has 0 aliphatic carbocycles. The van der Waals surface area contributed by atoms with E-state index in [2.05, 4.69) is 11.1 Å². The lowest BCUT2D eigenvalue weighted by molar-refractivity contribution is 1.31. The highest BCUT2D eigenvalue weighted by Gasteiger charge is 2.12. The van der Waals surface area contributed by atoms with Gasteiger partial charge < -0.3 is 0 Å². The Hall–Kier alpha value is -1.63. The first kappa shape index (κ1) is 11.8. The monoisotopic (exact) mass is 260 g/mol. The summed E-state index contributed by atoms with van der Waals surface area (Å²) < 4.78 is 0. The van der Waals surface area contributed by atoms with E-state index in [1.165, 1.54) is 11.3 Å². The number of pyridine rings is 1. The Labute approximate surface area is 109 Å². The minimum absolute atomic E-state index is 0.463. The molecule has 0 fully saturated rings. The van der Waals surface area contributed by atoms with Gasteiger partial charge in [0.15, 0.2) is 0 Å². The largest absolute Gasteiger partial charge is 0.264 e. The van der Waals surface area contributed by atoms with Crippen molar-refractivity contribution in [3.05, 3.63) is 52.0 Å². The van der Waals surface area contributed by atoms with E-state index in [1.807, 2.05) is 24.4 Å². The first-order chi connectivity index (χ1) is 8.24. The number of rotatable bonds is 2. The zero-order valence-electron chi connectivity index (χ0n) is 9.14. The summed E-state index contributed by atoms with van der Waals surface area (Å²) >= 11 is 7.83. The fourth-order valence-corrected chi connectivity index (χ4v) is 2.76. The molecule has 0 saturated heterocycles. The number of hydrogen-bond donors (Lipinski definition) is 0. The Balaban J connectivity index is 2.57. The van der Waals surface area contributed by atoms with Crippen molar-refractivity contribution in [2.45, 2.75) is 6.92 Å². The van der Waals surface area contributed by atoms with Crippen LogP contribution in [-0.4, -0.2) is 4.98 Å². The van der Waals surface area contributed by atoms with Gasteiger partial charge in [-0.2, -0.15) is 5.26 Å². The van der Waals surface area contributed by atoms with E-state index in [4.69, 9.17) is 11.6 Å². The number of hydrogen-bond acceptors (Lipinski definition) is 3. The first-order valence-corrected chi connectivity index (χ1v) is 6.24. The molecular weight excluding hydrogens is 252 g/mol.